The second kappa shape index (κ2) is 7.31. The molecule has 1 saturated heterocycles. The average molecular weight is 383 g/mol. The summed E-state index contributed by atoms with van der Waals surface area (Å²) in [6, 6.07) is 2.01. The summed E-state index contributed by atoms with van der Waals surface area (Å²) in [5, 5.41) is 3.18. The number of aryl methyl sites for hydroxylation is 1. The van der Waals surface area contributed by atoms with Gasteiger partial charge in [0.05, 0.1) is 12.2 Å². The van der Waals surface area contributed by atoms with E-state index in [9.17, 15) is 4.79 Å². The van der Waals surface area contributed by atoms with Crippen molar-refractivity contribution < 1.29 is 4.79 Å². The summed E-state index contributed by atoms with van der Waals surface area (Å²) in [6.45, 7) is 4.63. The smallest absolute Gasteiger partial charge is 0.225 e. The number of hydrogen-bond donors (Lipinski definition) is 1. The molecule has 5 heteroatoms. The van der Waals surface area contributed by atoms with Crippen molar-refractivity contribution in [1.82, 2.24) is 15.3 Å². The van der Waals surface area contributed by atoms with Crippen LogP contribution in [0.1, 0.15) is 75.6 Å². The largest absolute Gasteiger partial charge is 0.350 e. The average Bonchev–Trinajstić information content (AvgIpc) is 2.65. The van der Waals surface area contributed by atoms with E-state index in [1.165, 1.54) is 57.8 Å². The predicted molar refractivity (Wildman–Crippen MR) is 110 cm³/mol. The molecule has 0 unspecified atom stereocenters. The molecular weight excluding hydrogens is 348 g/mol. The molecule has 0 radical (unpaired) electrons. The summed E-state index contributed by atoms with van der Waals surface area (Å²) >= 11 is 0. The maximum atomic E-state index is 12.8. The lowest BCUT2D eigenvalue weighted by atomic mass is 9.49. The van der Waals surface area contributed by atoms with Gasteiger partial charge in [0, 0.05) is 25.2 Å². The third kappa shape index (κ3) is 3.77. The molecule has 2 heterocycles. The zero-order chi connectivity index (χ0) is 19.1. The van der Waals surface area contributed by atoms with Crippen LogP contribution in [0.15, 0.2) is 6.07 Å². The molecule has 5 nitrogen and oxygen atoms in total. The standard InChI is InChI=1S/C23H34N4O/c1-16-7-20(26-22(25-16)27-5-3-2-4-6-27)15-24-21(28)14-23-11-17-8-18(12-23)10-19(9-17)13-23/h7,17-19H,2-6,8-15H2,1H3,(H,24,28). The lowest BCUT2D eigenvalue weighted by Gasteiger charge is -2.56. The Hall–Kier alpha value is -1.65. The molecule has 1 aliphatic heterocycles. The molecule has 152 valence electrons. The number of hydrogen-bond acceptors (Lipinski definition) is 4. The van der Waals surface area contributed by atoms with E-state index in [0.29, 0.717) is 12.0 Å². The normalized spacial score (nSPS) is 33.9. The summed E-state index contributed by atoms with van der Waals surface area (Å²) in [5.74, 6) is 3.75. The van der Waals surface area contributed by atoms with Crippen LogP contribution in [0.2, 0.25) is 0 Å². The third-order valence-corrected chi connectivity index (χ3v) is 7.70. The summed E-state index contributed by atoms with van der Waals surface area (Å²) in [4.78, 5) is 24.5. The topological polar surface area (TPSA) is 58.1 Å². The van der Waals surface area contributed by atoms with Gasteiger partial charge in [0.15, 0.2) is 0 Å². The zero-order valence-electron chi connectivity index (χ0n) is 17.3. The van der Waals surface area contributed by atoms with Crippen LogP contribution >= 0.6 is 0 Å². The van der Waals surface area contributed by atoms with E-state index in [1.54, 1.807) is 0 Å². The molecule has 1 N–H and O–H groups in total. The third-order valence-electron chi connectivity index (χ3n) is 7.70. The van der Waals surface area contributed by atoms with E-state index in [-0.39, 0.29) is 5.91 Å². The number of rotatable bonds is 5. The van der Waals surface area contributed by atoms with Gasteiger partial charge in [-0.05, 0) is 93.9 Å². The molecule has 6 rings (SSSR count). The second-order valence-corrected chi connectivity index (χ2v) is 10.2. The molecule has 0 atom stereocenters. The summed E-state index contributed by atoms with van der Waals surface area (Å²) in [6.07, 6.45) is 12.6. The Morgan fingerprint density at radius 2 is 1.71 bits per heavy atom. The first-order chi connectivity index (χ1) is 13.6. The summed E-state index contributed by atoms with van der Waals surface area (Å²) in [5.41, 5.74) is 2.23. The molecule has 28 heavy (non-hydrogen) atoms. The van der Waals surface area contributed by atoms with Crippen molar-refractivity contribution in [3.63, 3.8) is 0 Å². The first-order valence-electron chi connectivity index (χ1n) is 11.4. The van der Waals surface area contributed by atoms with Crippen LogP contribution in [0.5, 0.6) is 0 Å². The van der Waals surface area contributed by atoms with Crippen molar-refractivity contribution in [3.8, 4) is 0 Å². The fraction of sp³-hybridized carbons (Fsp3) is 0.783. The highest BCUT2D eigenvalue weighted by molar-refractivity contribution is 5.76. The van der Waals surface area contributed by atoms with Crippen LogP contribution in [-0.2, 0) is 11.3 Å². The monoisotopic (exact) mass is 382 g/mol. The Morgan fingerprint density at radius 1 is 1.07 bits per heavy atom. The Labute approximate surface area is 168 Å². The molecule has 4 bridgehead atoms. The van der Waals surface area contributed by atoms with Crippen molar-refractivity contribution >= 4 is 11.9 Å². The highest BCUT2D eigenvalue weighted by Gasteiger charge is 2.51. The Balaban J connectivity index is 1.20. The van der Waals surface area contributed by atoms with Gasteiger partial charge in [-0.3, -0.25) is 4.79 Å². The van der Waals surface area contributed by atoms with Crippen LogP contribution < -0.4 is 10.2 Å². The van der Waals surface area contributed by atoms with Crippen LogP contribution in [-0.4, -0.2) is 29.0 Å². The van der Waals surface area contributed by atoms with Crippen LogP contribution in [0.25, 0.3) is 0 Å². The van der Waals surface area contributed by atoms with Gasteiger partial charge in [0.25, 0.3) is 0 Å². The molecular formula is C23H34N4O. The molecule has 4 aliphatic carbocycles. The van der Waals surface area contributed by atoms with Gasteiger partial charge in [-0.1, -0.05) is 0 Å². The maximum Gasteiger partial charge on any atom is 0.225 e. The van der Waals surface area contributed by atoms with Crippen molar-refractivity contribution in [2.24, 2.45) is 23.2 Å². The summed E-state index contributed by atoms with van der Waals surface area (Å²) < 4.78 is 0. The Bertz CT molecular complexity index is 705. The van der Waals surface area contributed by atoms with Gasteiger partial charge in [-0.2, -0.15) is 0 Å². The second-order valence-electron chi connectivity index (χ2n) is 10.2. The molecule has 1 aromatic heterocycles. The number of nitrogens with one attached hydrogen (secondary N) is 1. The first kappa shape index (κ1) is 18.4. The number of carbonyl (C=O) groups is 1. The van der Waals surface area contributed by atoms with Gasteiger partial charge < -0.3 is 10.2 Å². The molecule has 4 saturated carbocycles. The van der Waals surface area contributed by atoms with Crippen molar-refractivity contribution in [2.45, 2.75) is 77.7 Å². The van der Waals surface area contributed by atoms with E-state index in [2.05, 4.69) is 15.2 Å². The number of piperidine rings is 1. The highest BCUT2D eigenvalue weighted by atomic mass is 16.1. The molecule has 0 aromatic carbocycles. The minimum atomic E-state index is 0.220. The van der Waals surface area contributed by atoms with Crippen LogP contribution in [0.4, 0.5) is 5.95 Å². The lowest BCUT2D eigenvalue weighted by molar-refractivity contribution is -0.129. The highest BCUT2D eigenvalue weighted by Crippen LogP contribution is 2.61. The molecule has 1 aromatic rings. The van der Waals surface area contributed by atoms with Crippen molar-refractivity contribution in [2.75, 3.05) is 18.0 Å². The van der Waals surface area contributed by atoms with Crippen LogP contribution in [0.3, 0.4) is 0 Å². The number of nitrogens with zero attached hydrogens (tertiary/aromatic N) is 3. The fourth-order valence-electron chi connectivity index (χ4n) is 7.04. The van der Waals surface area contributed by atoms with Gasteiger partial charge in [-0.25, -0.2) is 9.97 Å². The van der Waals surface area contributed by atoms with Crippen LogP contribution in [0, 0.1) is 30.1 Å². The Kier molecular flexibility index (Phi) is 4.80. The van der Waals surface area contributed by atoms with E-state index >= 15 is 0 Å². The van der Waals surface area contributed by atoms with E-state index < -0.39 is 0 Å². The van der Waals surface area contributed by atoms with E-state index in [4.69, 9.17) is 4.98 Å². The van der Waals surface area contributed by atoms with Gasteiger partial charge in [-0.15, -0.1) is 0 Å². The van der Waals surface area contributed by atoms with Gasteiger partial charge in [0.2, 0.25) is 11.9 Å². The first-order valence-corrected chi connectivity index (χ1v) is 11.4. The van der Waals surface area contributed by atoms with Crippen molar-refractivity contribution in [1.29, 1.82) is 0 Å². The summed E-state index contributed by atoms with van der Waals surface area (Å²) in [7, 11) is 0. The van der Waals surface area contributed by atoms with Gasteiger partial charge >= 0.3 is 0 Å². The van der Waals surface area contributed by atoms with Gasteiger partial charge in [0.1, 0.15) is 0 Å². The fourth-order valence-corrected chi connectivity index (χ4v) is 7.04. The minimum Gasteiger partial charge on any atom is -0.350 e. The van der Waals surface area contributed by atoms with Crippen molar-refractivity contribution in [3.05, 3.63) is 17.5 Å². The SMILES string of the molecule is Cc1cc(CNC(=O)CC23CC4CC(CC(C4)C2)C3)nc(N2CCCCC2)n1. The maximum absolute atomic E-state index is 12.8. The lowest BCUT2D eigenvalue weighted by Crippen LogP contribution is -2.48. The predicted octanol–water partition coefficient (Wildman–Crippen LogP) is 4.00. The number of aromatic nitrogens is 2. The zero-order valence-corrected chi connectivity index (χ0v) is 17.3. The number of amides is 1. The number of carbonyl (C=O) groups excluding carboxylic acids is 1. The quantitative estimate of drug-likeness (QED) is 0.836. The minimum absolute atomic E-state index is 0.220. The molecule has 0 spiro atoms. The Morgan fingerprint density at radius 3 is 2.36 bits per heavy atom. The molecule has 1 amide bonds. The molecule has 5 aliphatic rings. The van der Waals surface area contributed by atoms with E-state index in [1.807, 2.05) is 13.0 Å². The molecule has 5 fully saturated rings. The van der Waals surface area contributed by atoms with E-state index in [0.717, 1.165) is 54.6 Å². The number of anilines is 1.